The molecule has 1 aromatic heterocycles. The monoisotopic (exact) mass is 353 g/mol. The number of aromatic nitrogens is 2. The highest BCUT2D eigenvalue weighted by Gasteiger charge is 2.10. The summed E-state index contributed by atoms with van der Waals surface area (Å²) in [4.78, 5) is 4.45. The maximum atomic E-state index is 9.08. The van der Waals surface area contributed by atoms with Crippen LogP contribution in [0, 0.1) is 11.3 Å². The molecule has 3 aromatic carbocycles. The molecule has 0 unspecified atom stereocenters. The second-order valence-corrected chi connectivity index (χ2v) is 6.64. The highest BCUT2D eigenvalue weighted by molar-refractivity contribution is 5.80. The first-order chi connectivity index (χ1) is 13.2. The molecule has 0 radical (unpaired) electrons. The standard InChI is InChI=1S/C23H19N3O/c1-16(2)27-23-9-4-3-8-20(23)18-6-5-7-19(13-18)26-15-25-21-12-17(14-24)10-11-22(21)26/h3-13,15-16H,1-2H3. The van der Waals surface area contributed by atoms with Gasteiger partial charge in [-0.3, -0.25) is 4.57 Å². The van der Waals surface area contributed by atoms with E-state index in [-0.39, 0.29) is 6.10 Å². The van der Waals surface area contributed by atoms with Gasteiger partial charge in [-0.25, -0.2) is 4.98 Å². The average Bonchev–Trinajstić information content (AvgIpc) is 3.11. The Kier molecular flexibility index (Phi) is 4.35. The minimum atomic E-state index is 0.112. The van der Waals surface area contributed by atoms with Gasteiger partial charge in [-0.15, -0.1) is 0 Å². The Hall–Kier alpha value is -3.58. The predicted octanol–water partition coefficient (Wildman–Crippen LogP) is 5.35. The van der Waals surface area contributed by atoms with Crippen molar-refractivity contribution in [3.8, 4) is 28.6 Å². The summed E-state index contributed by atoms with van der Waals surface area (Å²) in [5.74, 6) is 0.874. The molecule has 4 rings (SSSR count). The van der Waals surface area contributed by atoms with Gasteiger partial charge in [-0.05, 0) is 55.8 Å². The lowest BCUT2D eigenvalue weighted by atomic mass is 10.0. The molecule has 0 amide bonds. The van der Waals surface area contributed by atoms with Crippen molar-refractivity contribution >= 4 is 11.0 Å². The highest BCUT2D eigenvalue weighted by atomic mass is 16.5. The number of rotatable bonds is 4. The maximum absolute atomic E-state index is 9.08. The van der Waals surface area contributed by atoms with Crippen LogP contribution in [0.1, 0.15) is 19.4 Å². The van der Waals surface area contributed by atoms with Crippen LogP contribution in [0.2, 0.25) is 0 Å². The van der Waals surface area contributed by atoms with Crippen LogP contribution < -0.4 is 4.74 Å². The molecule has 0 fully saturated rings. The molecule has 0 spiro atoms. The molecule has 0 atom stereocenters. The van der Waals surface area contributed by atoms with Gasteiger partial charge in [0.15, 0.2) is 0 Å². The van der Waals surface area contributed by atoms with E-state index < -0.39 is 0 Å². The molecule has 132 valence electrons. The van der Waals surface area contributed by atoms with E-state index in [0.717, 1.165) is 33.6 Å². The number of nitrogens with zero attached hydrogens (tertiary/aromatic N) is 3. The van der Waals surface area contributed by atoms with Crippen molar-refractivity contribution in [3.63, 3.8) is 0 Å². The van der Waals surface area contributed by atoms with Crippen molar-refractivity contribution in [1.82, 2.24) is 9.55 Å². The summed E-state index contributed by atoms with van der Waals surface area (Å²) in [7, 11) is 0. The highest BCUT2D eigenvalue weighted by Crippen LogP contribution is 2.32. The fraction of sp³-hybridized carbons (Fsp3) is 0.130. The van der Waals surface area contributed by atoms with E-state index in [1.807, 2.05) is 60.9 Å². The number of fused-ring (bicyclic) bond motifs is 1. The maximum Gasteiger partial charge on any atom is 0.127 e. The lowest BCUT2D eigenvalue weighted by Crippen LogP contribution is -2.06. The van der Waals surface area contributed by atoms with E-state index >= 15 is 0 Å². The van der Waals surface area contributed by atoms with Crippen LogP contribution in [-0.2, 0) is 0 Å². The minimum absolute atomic E-state index is 0.112. The van der Waals surface area contributed by atoms with E-state index in [0.29, 0.717) is 5.56 Å². The average molecular weight is 353 g/mol. The minimum Gasteiger partial charge on any atom is -0.490 e. The van der Waals surface area contributed by atoms with Crippen molar-refractivity contribution in [2.24, 2.45) is 0 Å². The summed E-state index contributed by atoms with van der Waals surface area (Å²) < 4.78 is 8.01. The second-order valence-electron chi connectivity index (χ2n) is 6.64. The van der Waals surface area contributed by atoms with Crippen LogP contribution >= 0.6 is 0 Å². The molecule has 0 bridgehead atoms. The summed E-state index contributed by atoms with van der Waals surface area (Å²) in [6, 6.07) is 24.1. The van der Waals surface area contributed by atoms with Crippen LogP contribution in [0.3, 0.4) is 0 Å². The van der Waals surface area contributed by atoms with Crippen LogP contribution in [0.15, 0.2) is 73.1 Å². The summed E-state index contributed by atoms with van der Waals surface area (Å²) in [6.45, 7) is 4.06. The summed E-state index contributed by atoms with van der Waals surface area (Å²) in [5, 5.41) is 9.08. The Morgan fingerprint density at radius 2 is 1.85 bits per heavy atom. The molecular formula is C23H19N3O. The second kappa shape index (κ2) is 6.97. The van der Waals surface area contributed by atoms with Gasteiger partial charge in [0.25, 0.3) is 0 Å². The number of imidazole rings is 1. The molecule has 0 aliphatic carbocycles. The first kappa shape index (κ1) is 16.9. The van der Waals surface area contributed by atoms with Gasteiger partial charge in [-0.1, -0.05) is 30.3 Å². The van der Waals surface area contributed by atoms with Crippen molar-refractivity contribution in [2.75, 3.05) is 0 Å². The van der Waals surface area contributed by atoms with Crippen molar-refractivity contribution in [1.29, 1.82) is 5.26 Å². The van der Waals surface area contributed by atoms with Gasteiger partial charge in [0.05, 0.1) is 28.8 Å². The Morgan fingerprint density at radius 1 is 1.00 bits per heavy atom. The number of nitriles is 1. The smallest absolute Gasteiger partial charge is 0.127 e. The van der Waals surface area contributed by atoms with Crippen LogP contribution in [0.25, 0.3) is 27.8 Å². The first-order valence-electron chi connectivity index (χ1n) is 8.89. The van der Waals surface area contributed by atoms with E-state index in [4.69, 9.17) is 10.00 Å². The molecule has 0 saturated heterocycles. The van der Waals surface area contributed by atoms with Crippen LogP contribution in [0.5, 0.6) is 5.75 Å². The van der Waals surface area contributed by atoms with E-state index in [9.17, 15) is 0 Å². The van der Waals surface area contributed by atoms with E-state index in [2.05, 4.69) is 35.3 Å². The lowest BCUT2D eigenvalue weighted by molar-refractivity contribution is 0.243. The third kappa shape index (κ3) is 3.28. The zero-order valence-corrected chi connectivity index (χ0v) is 15.3. The van der Waals surface area contributed by atoms with E-state index in [1.165, 1.54) is 0 Å². The Bertz CT molecular complexity index is 1150. The molecule has 1 heterocycles. The van der Waals surface area contributed by atoms with Gasteiger partial charge >= 0.3 is 0 Å². The largest absolute Gasteiger partial charge is 0.490 e. The summed E-state index contributed by atoms with van der Waals surface area (Å²) >= 11 is 0. The molecule has 4 nitrogen and oxygen atoms in total. The lowest BCUT2D eigenvalue weighted by Gasteiger charge is -2.15. The van der Waals surface area contributed by atoms with Gasteiger partial charge in [0.1, 0.15) is 12.1 Å². The molecule has 4 heteroatoms. The molecule has 27 heavy (non-hydrogen) atoms. The Labute approximate surface area is 158 Å². The number of benzene rings is 3. The summed E-state index contributed by atoms with van der Waals surface area (Å²) in [6.07, 6.45) is 1.91. The zero-order valence-electron chi connectivity index (χ0n) is 15.3. The molecule has 0 saturated carbocycles. The third-order valence-electron chi connectivity index (χ3n) is 4.36. The van der Waals surface area contributed by atoms with Gasteiger partial charge in [0.2, 0.25) is 0 Å². The topological polar surface area (TPSA) is 50.8 Å². The molecular weight excluding hydrogens is 334 g/mol. The molecule has 4 aromatic rings. The normalized spacial score (nSPS) is 10.9. The zero-order chi connectivity index (χ0) is 18.8. The van der Waals surface area contributed by atoms with Crippen LogP contribution in [0.4, 0.5) is 0 Å². The third-order valence-corrected chi connectivity index (χ3v) is 4.36. The van der Waals surface area contributed by atoms with E-state index in [1.54, 1.807) is 6.33 Å². The SMILES string of the molecule is CC(C)Oc1ccccc1-c1cccc(-n2cnc3cc(C#N)ccc32)c1. The van der Waals surface area contributed by atoms with Crippen molar-refractivity contribution in [2.45, 2.75) is 20.0 Å². The van der Waals surface area contributed by atoms with Gasteiger partial charge < -0.3 is 4.74 Å². The Balaban J connectivity index is 1.80. The number of hydrogen-bond acceptors (Lipinski definition) is 3. The molecule has 0 N–H and O–H groups in total. The fourth-order valence-electron chi connectivity index (χ4n) is 3.17. The number of para-hydroxylation sites is 1. The van der Waals surface area contributed by atoms with Crippen molar-refractivity contribution < 1.29 is 4.74 Å². The first-order valence-corrected chi connectivity index (χ1v) is 8.89. The van der Waals surface area contributed by atoms with Crippen molar-refractivity contribution in [3.05, 3.63) is 78.6 Å². The Morgan fingerprint density at radius 3 is 2.67 bits per heavy atom. The number of ether oxygens (including phenoxy) is 1. The van der Waals surface area contributed by atoms with Crippen LogP contribution in [-0.4, -0.2) is 15.7 Å². The fourth-order valence-corrected chi connectivity index (χ4v) is 3.17. The van der Waals surface area contributed by atoms with Gasteiger partial charge in [-0.2, -0.15) is 5.26 Å². The summed E-state index contributed by atoms with van der Waals surface area (Å²) in [5.41, 5.74) is 5.55. The predicted molar refractivity (Wildman–Crippen MR) is 107 cm³/mol. The van der Waals surface area contributed by atoms with Gasteiger partial charge in [0, 0.05) is 11.3 Å². The number of hydrogen-bond donors (Lipinski definition) is 0. The molecule has 0 aliphatic rings. The molecule has 0 aliphatic heterocycles. The quantitative estimate of drug-likeness (QED) is 0.497.